The zero-order valence-electron chi connectivity index (χ0n) is 38.0. The molecule has 59 heavy (non-hydrogen) atoms. The van der Waals surface area contributed by atoms with E-state index in [1.54, 1.807) is 0 Å². The third-order valence-corrected chi connectivity index (χ3v) is 12.8. The van der Waals surface area contributed by atoms with Crippen molar-refractivity contribution in [3.63, 3.8) is 0 Å². The summed E-state index contributed by atoms with van der Waals surface area (Å²) in [4.78, 5) is 0. The summed E-state index contributed by atoms with van der Waals surface area (Å²) < 4.78 is 1.53. The first-order chi connectivity index (χ1) is 29.0. The highest BCUT2D eigenvalue weighted by atomic mass is 15.2. The molecule has 4 aromatic carbocycles. The standard InChI is InChI=1S/C57H78N2/c1-6-10-14-18-20-25-37-49-42-51(44-55(47-34-28-23-29-35-47)53(49)38-30-17-13-9-4)57-45(5)40-56(59(57)58)50-41-48(36-24-16-12-8-3)52(39-31-21-19-15-11-7-2)54(43-50)46-32-26-22-27-33-46/h22-23,26-29,32-35,40-44H,6-21,24-25,30-31,36-39H2,1-5H3. The molecule has 0 aliphatic carbocycles. The predicted octanol–water partition coefficient (Wildman–Crippen LogP) is 17.9. The number of aryl methyl sites for hydroxylation is 2. The van der Waals surface area contributed by atoms with Crippen molar-refractivity contribution in [3.8, 4) is 22.3 Å². The van der Waals surface area contributed by atoms with Crippen LogP contribution in [-0.4, -0.2) is 4.70 Å². The Bertz CT molecular complexity index is 1930. The zero-order chi connectivity index (χ0) is 41.7. The molecule has 0 N–H and O–H groups in total. The van der Waals surface area contributed by atoms with Gasteiger partial charge in [-0.3, -0.25) is 0 Å². The summed E-state index contributed by atoms with van der Waals surface area (Å²) in [5.74, 6) is 0. The van der Waals surface area contributed by atoms with Crippen LogP contribution in [-0.2, 0) is 25.7 Å². The molecule has 0 atom stereocenters. The number of hydrogen-bond donors (Lipinski definition) is 0. The van der Waals surface area contributed by atoms with Gasteiger partial charge in [0.15, 0.2) is 0 Å². The molecule has 0 saturated carbocycles. The van der Waals surface area contributed by atoms with E-state index in [0.29, 0.717) is 0 Å². The maximum absolute atomic E-state index is 12.5. The fraction of sp³-hybridized carbons (Fsp3) is 0.509. The van der Waals surface area contributed by atoms with Gasteiger partial charge < -0.3 is 5.53 Å². The summed E-state index contributed by atoms with van der Waals surface area (Å²) >= 11 is 0. The molecular formula is C57H78N2. The molecule has 0 unspecified atom stereocenters. The van der Waals surface area contributed by atoms with Crippen molar-refractivity contribution in [2.75, 3.05) is 0 Å². The molecular weight excluding hydrogens is 713 g/mol. The number of benzene rings is 4. The molecule has 4 aromatic rings. The van der Waals surface area contributed by atoms with Crippen LogP contribution in [0.5, 0.6) is 0 Å². The van der Waals surface area contributed by atoms with E-state index in [1.807, 2.05) is 0 Å². The van der Waals surface area contributed by atoms with E-state index in [0.717, 1.165) is 53.8 Å². The lowest BCUT2D eigenvalue weighted by Gasteiger charge is -2.20. The molecule has 2 nitrogen and oxygen atoms in total. The Balaban J connectivity index is 1.54. The summed E-state index contributed by atoms with van der Waals surface area (Å²) in [6.07, 6.45) is 32.2. The van der Waals surface area contributed by atoms with Crippen molar-refractivity contribution >= 4 is 11.4 Å². The highest BCUT2D eigenvalue weighted by molar-refractivity contribution is 5.83. The molecule has 0 saturated heterocycles. The van der Waals surface area contributed by atoms with E-state index in [1.165, 1.54) is 178 Å². The number of unbranched alkanes of at least 4 members (excludes halogenated alkanes) is 16. The van der Waals surface area contributed by atoms with Crippen molar-refractivity contribution in [1.82, 2.24) is 0 Å². The summed E-state index contributed by atoms with van der Waals surface area (Å²) in [5, 5.41) is 0. The Labute approximate surface area is 361 Å². The van der Waals surface area contributed by atoms with Crippen LogP contribution in [0.25, 0.3) is 39.2 Å². The molecule has 0 amide bonds. The summed E-state index contributed by atoms with van der Waals surface area (Å²) in [6.45, 7) is 11.4. The van der Waals surface area contributed by atoms with Gasteiger partial charge in [-0.05, 0) is 127 Å². The minimum absolute atomic E-state index is 0.887. The summed E-state index contributed by atoms with van der Waals surface area (Å²) in [7, 11) is 0. The Hall–Kier alpha value is -4.04. The van der Waals surface area contributed by atoms with Gasteiger partial charge in [-0.1, -0.05) is 191 Å². The van der Waals surface area contributed by atoms with Gasteiger partial charge in [0, 0.05) is 22.8 Å². The van der Waals surface area contributed by atoms with Crippen LogP contribution in [0.4, 0.5) is 0 Å². The minimum atomic E-state index is 0.887. The smallest absolute Gasteiger partial charge is 0.210 e. The maximum atomic E-state index is 12.5. The van der Waals surface area contributed by atoms with E-state index >= 15 is 0 Å². The molecule has 2 heteroatoms. The van der Waals surface area contributed by atoms with Crippen molar-refractivity contribution in [2.24, 2.45) is 0 Å². The lowest BCUT2D eigenvalue weighted by Crippen LogP contribution is -2.07. The highest BCUT2D eigenvalue weighted by Crippen LogP contribution is 2.41. The summed E-state index contributed by atoms with van der Waals surface area (Å²) in [6, 6.07) is 31.7. The van der Waals surface area contributed by atoms with Crippen molar-refractivity contribution < 1.29 is 4.70 Å². The zero-order valence-corrected chi connectivity index (χ0v) is 38.0. The van der Waals surface area contributed by atoms with E-state index in [4.69, 9.17) is 0 Å². The first-order valence-corrected chi connectivity index (χ1v) is 24.3. The van der Waals surface area contributed by atoms with Crippen molar-refractivity contribution in [2.45, 2.75) is 189 Å². The first-order valence-electron chi connectivity index (χ1n) is 24.3. The molecule has 5 rings (SSSR count). The van der Waals surface area contributed by atoms with Gasteiger partial charge in [0.2, 0.25) is 11.4 Å². The van der Waals surface area contributed by atoms with E-state index in [2.05, 4.69) is 126 Å². The van der Waals surface area contributed by atoms with Crippen LogP contribution in [0.3, 0.4) is 0 Å². The average molecular weight is 791 g/mol. The van der Waals surface area contributed by atoms with Crippen molar-refractivity contribution in [1.29, 1.82) is 0 Å². The fourth-order valence-electron chi connectivity index (χ4n) is 9.36. The quantitative estimate of drug-likeness (QED) is 0.0404. The first kappa shape index (κ1) is 46.0. The fourth-order valence-corrected chi connectivity index (χ4v) is 9.36. The van der Waals surface area contributed by atoms with Crippen LogP contribution in [0.2, 0.25) is 0 Å². The van der Waals surface area contributed by atoms with Crippen LogP contribution in [0, 0.1) is 0 Å². The monoisotopic (exact) mass is 791 g/mol. The predicted molar refractivity (Wildman–Crippen MR) is 258 cm³/mol. The van der Waals surface area contributed by atoms with Crippen LogP contribution in [0.1, 0.15) is 196 Å². The van der Waals surface area contributed by atoms with Crippen LogP contribution < -0.4 is 0 Å². The van der Waals surface area contributed by atoms with Gasteiger partial charge >= 0.3 is 0 Å². The second-order valence-electron chi connectivity index (χ2n) is 17.6. The SMILES string of the molecule is CCCCCCCCc1cc(C2=C(C)C=C(c3cc(CCCCCC)c(CCCCCCCC)c(-c4ccccc4)c3)[N+]2=[N-])cc(-c2ccccc2)c1CCCCCC. The van der Waals surface area contributed by atoms with Crippen molar-refractivity contribution in [3.05, 3.63) is 135 Å². The third-order valence-electron chi connectivity index (χ3n) is 12.8. The molecule has 0 spiro atoms. The van der Waals surface area contributed by atoms with E-state index in [9.17, 15) is 5.53 Å². The normalized spacial score (nSPS) is 12.8. The Morgan fingerprint density at radius 1 is 0.407 bits per heavy atom. The molecule has 1 aliphatic heterocycles. The van der Waals surface area contributed by atoms with Gasteiger partial charge in [0.25, 0.3) is 0 Å². The van der Waals surface area contributed by atoms with Gasteiger partial charge in [-0.25, -0.2) is 4.70 Å². The van der Waals surface area contributed by atoms with Gasteiger partial charge in [0.1, 0.15) is 0 Å². The molecule has 0 bridgehead atoms. The maximum Gasteiger partial charge on any atom is 0.210 e. The molecule has 0 aromatic heterocycles. The molecule has 1 aliphatic rings. The Morgan fingerprint density at radius 2 is 0.780 bits per heavy atom. The Morgan fingerprint density at radius 3 is 1.24 bits per heavy atom. The lowest BCUT2D eigenvalue weighted by atomic mass is 9.86. The largest absolute Gasteiger partial charge is 0.493 e. The van der Waals surface area contributed by atoms with E-state index in [-0.39, 0.29) is 0 Å². The number of nitrogens with zero attached hydrogens (tertiary/aromatic N) is 2. The molecule has 0 radical (unpaired) electrons. The van der Waals surface area contributed by atoms with E-state index < -0.39 is 0 Å². The highest BCUT2D eigenvalue weighted by Gasteiger charge is 2.30. The molecule has 0 fully saturated rings. The second kappa shape index (κ2) is 25.6. The lowest BCUT2D eigenvalue weighted by molar-refractivity contribution is -0.344. The number of allylic oxidation sites excluding steroid dienone is 2. The number of hydrogen-bond acceptors (Lipinski definition) is 0. The minimum Gasteiger partial charge on any atom is -0.493 e. The second-order valence-corrected chi connectivity index (χ2v) is 17.6. The Kier molecular flexibility index (Phi) is 19.9. The summed E-state index contributed by atoms with van der Waals surface area (Å²) in [5.41, 5.74) is 28.8. The number of rotatable bonds is 28. The average Bonchev–Trinajstić information content (AvgIpc) is 3.57. The molecule has 316 valence electrons. The van der Waals surface area contributed by atoms with Crippen LogP contribution in [0.15, 0.2) is 96.6 Å². The third kappa shape index (κ3) is 13.5. The topological polar surface area (TPSA) is 25.3 Å². The van der Waals surface area contributed by atoms with Gasteiger partial charge in [-0.2, -0.15) is 0 Å². The molecule has 1 heterocycles. The van der Waals surface area contributed by atoms with Crippen LogP contribution >= 0.6 is 0 Å². The van der Waals surface area contributed by atoms with Gasteiger partial charge in [-0.15, -0.1) is 0 Å². The van der Waals surface area contributed by atoms with Gasteiger partial charge in [0.05, 0.1) is 0 Å².